The van der Waals surface area contributed by atoms with E-state index in [2.05, 4.69) is 4.98 Å². The van der Waals surface area contributed by atoms with E-state index >= 15 is 0 Å². The molecule has 0 amide bonds. The number of pyridine rings is 1. The van der Waals surface area contributed by atoms with Gasteiger partial charge in [-0.05, 0) is 17.7 Å². The van der Waals surface area contributed by atoms with Crippen molar-refractivity contribution in [2.45, 2.75) is 12.5 Å². The van der Waals surface area contributed by atoms with Crippen LogP contribution in [0.3, 0.4) is 0 Å². The van der Waals surface area contributed by atoms with Gasteiger partial charge in [-0.25, -0.2) is 0 Å². The smallest absolute Gasteiger partial charge is 0.311 e. The van der Waals surface area contributed by atoms with Crippen LogP contribution < -0.4 is 0 Å². The summed E-state index contributed by atoms with van der Waals surface area (Å²) < 4.78 is 21.0. The molecule has 1 saturated heterocycles. The van der Waals surface area contributed by atoms with Crippen molar-refractivity contribution in [1.29, 1.82) is 0 Å². The van der Waals surface area contributed by atoms with Crippen LogP contribution in [0.5, 0.6) is 0 Å². The molecule has 0 N–H and O–H groups in total. The fraction of sp³-hybridized carbons (Fsp3) is 0.375. The molecule has 0 aliphatic carbocycles. The molecule has 2 rings (SSSR count). The van der Waals surface area contributed by atoms with Gasteiger partial charge in [0.2, 0.25) is 0 Å². The summed E-state index contributed by atoms with van der Waals surface area (Å²) in [5.74, 6) is 0. The van der Waals surface area contributed by atoms with Crippen molar-refractivity contribution >= 4 is 8.25 Å². The van der Waals surface area contributed by atoms with Crippen molar-refractivity contribution in [2.75, 3.05) is 6.61 Å². The monoisotopic (exact) mass is 199 g/mol. The van der Waals surface area contributed by atoms with E-state index in [9.17, 15) is 4.57 Å². The van der Waals surface area contributed by atoms with E-state index in [4.69, 9.17) is 9.05 Å². The highest BCUT2D eigenvalue weighted by atomic mass is 31.1. The minimum atomic E-state index is -2.26. The Morgan fingerprint density at radius 2 is 2.23 bits per heavy atom. The predicted molar refractivity (Wildman–Crippen MR) is 47.6 cm³/mol. The van der Waals surface area contributed by atoms with E-state index in [1.807, 2.05) is 12.1 Å². The largest absolute Gasteiger partial charge is 0.319 e. The molecule has 1 aliphatic rings. The molecule has 1 unspecified atom stereocenters. The summed E-state index contributed by atoms with van der Waals surface area (Å²) in [4.78, 5) is 3.90. The highest BCUT2D eigenvalue weighted by molar-refractivity contribution is 7.33. The maximum atomic E-state index is 11.0. The highest BCUT2D eigenvalue weighted by Crippen LogP contribution is 2.39. The normalized spacial score (nSPS) is 28.6. The van der Waals surface area contributed by atoms with E-state index in [1.54, 1.807) is 12.4 Å². The molecule has 2 heterocycles. The number of nitrogens with zero attached hydrogens (tertiary/aromatic N) is 1. The lowest BCUT2D eigenvalue weighted by Gasteiger charge is -2.22. The molecule has 1 aromatic heterocycles. The molecule has 0 bridgehead atoms. The second-order valence-electron chi connectivity index (χ2n) is 2.77. The lowest BCUT2D eigenvalue weighted by atomic mass is 10.1. The van der Waals surface area contributed by atoms with E-state index in [1.165, 1.54) is 0 Å². The fourth-order valence-corrected chi connectivity index (χ4v) is 2.11. The molecular formula is C8H10NO3P. The molecule has 2 atom stereocenters. The SMILES string of the molecule is O=[PH]1OCC[C@H](c2ccncc2)O1. The van der Waals surface area contributed by atoms with Gasteiger partial charge < -0.3 is 9.05 Å². The standard InChI is InChI=1S/C8H10NO3P/c10-13-11-6-3-8(12-13)7-1-4-9-5-2-7/h1-2,4-5,8,13H,3,6H2/t8-/m1/s1. The fourth-order valence-electron chi connectivity index (χ4n) is 1.27. The predicted octanol–water partition coefficient (Wildman–Crippen LogP) is 1.95. The van der Waals surface area contributed by atoms with Gasteiger partial charge in [0.15, 0.2) is 0 Å². The molecule has 5 heteroatoms. The number of aromatic nitrogens is 1. The minimum absolute atomic E-state index is 0.0943. The zero-order valence-corrected chi connectivity index (χ0v) is 7.97. The first kappa shape index (κ1) is 8.88. The van der Waals surface area contributed by atoms with Crippen molar-refractivity contribution in [3.63, 3.8) is 0 Å². The lowest BCUT2D eigenvalue weighted by Crippen LogP contribution is -2.09. The van der Waals surface area contributed by atoms with Crippen LogP contribution in [0.1, 0.15) is 18.1 Å². The Balaban J connectivity index is 2.13. The minimum Gasteiger partial charge on any atom is -0.311 e. The first-order valence-corrected chi connectivity index (χ1v) is 5.32. The van der Waals surface area contributed by atoms with Crippen LogP contribution >= 0.6 is 8.25 Å². The molecule has 13 heavy (non-hydrogen) atoms. The maximum Gasteiger partial charge on any atom is 0.319 e. The lowest BCUT2D eigenvalue weighted by molar-refractivity contribution is 0.0968. The van der Waals surface area contributed by atoms with Gasteiger partial charge in [-0.15, -0.1) is 0 Å². The third-order valence-electron chi connectivity index (χ3n) is 1.92. The molecule has 0 spiro atoms. The summed E-state index contributed by atoms with van der Waals surface area (Å²) >= 11 is 0. The first-order valence-electron chi connectivity index (χ1n) is 4.09. The molecular weight excluding hydrogens is 189 g/mol. The van der Waals surface area contributed by atoms with Crippen LogP contribution in [0.25, 0.3) is 0 Å². The van der Waals surface area contributed by atoms with Crippen LogP contribution in [-0.4, -0.2) is 11.6 Å². The van der Waals surface area contributed by atoms with E-state index < -0.39 is 8.25 Å². The molecule has 1 fully saturated rings. The Hall–Kier alpha value is -0.700. The van der Waals surface area contributed by atoms with Gasteiger partial charge in [0, 0.05) is 18.8 Å². The maximum absolute atomic E-state index is 11.0. The van der Waals surface area contributed by atoms with E-state index in [0.717, 1.165) is 12.0 Å². The van der Waals surface area contributed by atoms with Crippen molar-refractivity contribution < 1.29 is 13.6 Å². The number of hydrogen-bond acceptors (Lipinski definition) is 4. The van der Waals surface area contributed by atoms with Crippen LogP contribution in [-0.2, 0) is 13.6 Å². The topological polar surface area (TPSA) is 48.4 Å². The number of rotatable bonds is 1. The number of hydrogen-bond donors (Lipinski definition) is 0. The summed E-state index contributed by atoms with van der Waals surface area (Å²) in [5, 5.41) is 0. The third kappa shape index (κ3) is 2.15. The molecule has 1 aliphatic heterocycles. The average molecular weight is 199 g/mol. The Kier molecular flexibility index (Phi) is 2.74. The van der Waals surface area contributed by atoms with Crippen LogP contribution in [0.2, 0.25) is 0 Å². The zero-order chi connectivity index (χ0) is 9.10. The molecule has 0 aromatic carbocycles. The highest BCUT2D eigenvalue weighted by Gasteiger charge is 2.20. The molecule has 1 aromatic rings. The van der Waals surface area contributed by atoms with Crippen molar-refractivity contribution in [3.8, 4) is 0 Å². The summed E-state index contributed by atoms with van der Waals surface area (Å²) in [6.07, 6.45) is 4.06. The second kappa shape index (κ2) is 4.01. The Morgan fingerprint density at radius 3 is 2.92 bits per heavy atom. The van der Waals surface area contributed by atoms with Crippen LogP contribution in [0, 0.1) is 0 Å². The summed E-state index contributed by atoms with van der Waals surface area (Å²) in [5.41, 5.74) is 1.01. The molecule has 0 saturated carbocycles. The van der Waals surface area contributed by atoms with Crippen LogP contribution in [0.4, 0.5) is 0 Å². The van der Waals surface area contributed by atoms with Crippen molar-refractivity contribution in [3.05, 3.63) is 30.1 Å². The van der Waals surface area contributed by atoms with Gasteiger partial charge in [0.05, 0.1) is 12.7 Å². The Bertz CT molecular complexity index is 304. The van der Waals surface area contributed by atoms with Gasteiger partial charge in [-0.1, -0.05) is 0 Å². The quantitative estimate of drug-likeness (QED) is 0.648. The summed E-state index contributed by atoms with van der Waals surface area (Å²) in [6.45, 7) is 0.505. The van der Waals surface area contributed by atoms with Crippen molar-refractivity contribution in [2.24, 2.45) is 0 Å². The van der Waals surface area contributed by atoms with Gasteiger partial charge in [0.1, 0.15) is 0 Å². The van der Waals surface area contributed by atoms with Crippen LogP contribution in [0.15, 0.2) is 24.5 Å². The van der Waals surface area contributed by atoms with Gasteiger partial charge in [-0.2, -0.15) is 0 Å². The zero-order valence-electron chi connectivity index (χ0n) is 6.97. The van der Waals surface area contributed by atoms with Gasteiger partial charge >= 0.3 is 8.25 Å². The van der Waals surface area contributed by atoms with Gasteiger partial charge in [-0.3, -0.25) is 9.55 Å². The van der Waals surface area contributed by atoms with E-state index in [0.29, 0.717) is 6.61 Å². The average Bonchev–Trinajstić information content (AvgIpc) is 2.19. The molecule has 4 nitrogen and oxygen atoms in total. The van der Waals surface area contributed by atoms with Crippen molar-refractivity contribution in [1.82, 2.24) is 4.98 Å². The Morgan fingerprint density at radius 1 is 1.46 bits per heavy atom. The first-order chi connectivity index (χ1) is 6.36. The summed E-state index contributed by atoms with van der Waals surface area (Å²) in [7, 11) is -2.26. The Labute approximate surface area is 76.8 Å². The molecule has 0 radical (unpaired) electrons. The summed E-state index contributed by atoms with van der Waals surface area (Å²) in [6, 6.07) is 3.73. The van der Waals surface area contributed by atoms with E-state index in [-0.39, 0.29) is 6.10 Å². The second-order valence-corrected chi connectivity index (χ2v) is 3.80. The third-order valence-corrected chi connectivity index (χ3v) is 2.83. The van der Waals surface area contributed by atoms with Gasteiger partial charge in [0.25, 0.3) is 0 Å². The molecule has 70 valence electrons.